The van der Waals surface area contributed by atoms with Crippen LogP contribution in [0.15, 0.2) is 18.2 Å². The minimum atomic E-state index is -1.03. The number of hydrogen-bond donors (Lipinski definition) is 0. The standard InChI is InChI=1S/C17H23N3O4.2Li/c21-16(22)14-6-2-8-19(14)10-12-4-1-5-13(18-12)11-20-9-3-7-15(20)17(23)24;;/h1,4-5,14-15H,2-3,6-11H2,(H,21,22)(H,23,24);;/q;2*+1/p-2/t14-,15-;;/m0../s1. The summed E-state index contributed by atoms with van der Waals surface area (Å²) in [5.74, 6) is -2.06. The van der Waals surface area contributed by atoms with Crippen molar-refractivity contribution in [2.75, 3.05) is 13.1 Å². The van der Waals surface area contributed by atoms with E-state index in [0.29, 0.717) is 25.9 Å². The van der Waals surface area contributed by atoms with E-state index in [4.69, 9.17) is 0 Å². The molecule has 9 heteroatoms. The zero-order valence-corrected chi connectivity index (χ0v) is 15.5. The Balaban J connectivity index is 0.00000169. The zero-order valence-electron chi connectivity index (χ0n) is 15.5. The quantitative estimate of drug-likeness (QED) is 0.472. The second-order valence-corrected chi connectivity index (χ2v) is 6.52. The van der Waals surface area contributed by atoms with Gasteiger partial charge in [-0.3, -0.25) is 14.8 Å². The van der Waals surface area contributed by atoms with Gasteiger partial charge in [0.25, 0.3) is 0 Å². The number of aromatic nitrogens is 1. The topological polar surface area (TPSA) is 99.6 Å². The molecule has 0 spiro atoms. The summed E-state index contributed by atoms with van der Waals surface area (Å²) in [6, 6.07) is 4.53. The number of carbonyl (C=O) groups is 2. The predicted molar refractivity (Wildman–Crippen MR) is 81.1 cm³/mol. The van der Waals surface area contributed by atoms with E-state index in [2.05, 4.69) is 4.98 Å². The fourth-order valence-corrected chi connectivity index (χ4v) is 3.69. The van der Waals surface area contributed by atoms with Crippen molar-refractivity contribution in [3.05, 3.63) is 29.6 Å². The third-order valence-electron chi connectivity index (χ3n) is 4.87. The van der Waals surface area contributed by atoms with Crippen LogP contribution in [0, 0.1) is 0 Å². The van der Waals surface area contributed by atoms with E-state index >= 15 is 0 Å². The molecule has 2 aliphatic heterocycles. The Morgan fingerprint density at radius 1 is 0.923 bits per heavy atom. The fourth-order valence-electron chi connectivity index (χ4n) is 3.69. The van der Waals surface area contributed by atoms with Gasteiger partial charge < -0.3 is 19.8 Å². The molecular formula is C17H21Li2N3O4. The van der Waals surface area contributed by atoms with Gasteiger partial charge in [-0.1, -0.05) is 6.07 Å². The molecule has 1 aromatic rings. The van der Waals surface area contributed by atoms with Gasteiger partial charge in [0.15, 0.2) is 0 Å². The molecule has 0 bridgehead atoms. The number of pyridine rings is 1. The van der Waals surface area contributed by atoms with Crippen LogP contribution in [0.25, 0.3) is 0 Å². The third-order valence-corrected chi connectivity index (χ3v) is 4.87. The van der Waals surface area contributed by atoms with Gasteiger partial charge in [0.1, 0.15) is 0 Å². The maximum atomic E-state index is 11.2. The van der Waals surface area contributed by atoms with Crippen LogP contribution in [0.4, 0.5) is 0 Å². The second-order valence-electron chi connectivity index (χ2n) is 6.52. The number of aliphatic carboxylic acids is 2. The Labute approximate surface area is 177 Å². The van der Waals surface area contributed by atoms with Gasteiger partial charge in [0.05, 0.1) is 23.3 Å². The normalized spacial score (nSPS) is 23.2. The van der Waals surface area contributed by atoms with E-state index in [1.807, 2.05) is 28.0 Å². The molecule has 26 heavy (non-hydrogen) atoms. The Morgan fingerprint density at radius 3 is 1.73 bits per heavy atom. The molecule has 2 fully saturated rings. The van der Waals surface area contributed by atoms with Crippen molar-refractivity contribution in [3.63, 3.8) is 0 Å². The van der Waals surface area contributed by atoms with Crippen LogP contribution in [0.3, 0.4) is 0 Å². The van der Waals surface area contributed by atoms with E-state index < -0.39 is 24.0 Å². The average molecular weight is 345 g/mol. The maximum Gasteiger partial charge on any atom is 1.00 e. The van der Waals surface area contributed by atoms with Crippen molar-refractivity contribution >= 4 is 11.9 Å². The van der Waals surface area contributed by atoms with Crippen LogP contribution in [-0.4, -0.2) is 51.9 Å². The molecule has 7 nitrogen and oxygen atoms in total. The van der Waals surface area contributed by atoms with Gasteiger partial charge in [-0.25, -0.2) is 0 Å². The Bertz CT molecular complexity index is 583. The Morgan fingerprint density at radius 2 is 1.35 bits per heavy atom. The van der Waals surface area contributed by atoms with Gasteiger partial charge in [-0.2, -0.15) is 0 Å². The smallest absolute Gasteiger partial charge is 0.548 e. The summed E-state index contributed by atoms with van der Waals surface area (Å²) in [6.07, 6.45) is 2.92. The first-order valence-electron chi connectivity index (χ1n) is 8.39. The van der Waals surface area contributed by atoms with E-state index in [9.17, 15) is 19.8 Å². The average Bonchev–Trinajstić information content (AvgIpc) is 3.16. The van der Waals surface area contributed by atoms with E-state index in [0.717, 1.165) is 37.3 Å². The molecule has 0 amide bonds. The number of nitrogens with zero attached hydrogens (tertiary/aromatic N) is 3. The van der Waals surface area contributed by atoms with Gasteiger partial charge in [-0.15, -0.1) is 0 Å². The second kappa shape index (κ2) is 10.5. The summed E-state index contributed by atoms with van der Waals surface area (Å²) in [5.41, 5.74) is 1.59. The number of rotatable bonds is 6. The summed E-state index contributed by atoms with van der Waals surface area (Å²) in [4.78, 5) is 30.6. The van der Waals surface area contributed by atoms with Crippen molar-refractivity contribution < 1.29 is 57.5 Å². The molecule has 3 heterocycles. The first-order valence-corrected chi connectivity index (χ1v) is 8.39. The van der Waals surface area contributed by atoms with Crippen LogP contribution in [0.1, 0.15) is 37.1 Å². The number of carboxylic acid groups (broad SMARTS) is 2. The minimum Gasteiger partial charge on any atom is -0.548 e. The molecule has 130 valence electrons. The van der Waals surface area contributed by atoms with Gasteiger partial charge in [0, 0.05) is 25.2 Å². The molecule has 3 rings (SSSR count). The summed E-state index contributed by atoms with van der Waals surface area (Å²) < 4.78 is 0. The van der Waals surface area contributed by atoms with Crippen molar-refractivity contribution in [2.24, 2.45) is 0 Å². The summed E-state index contributed by atoms with van der Waals surface area (Å²) in [7, 11) is 0. The molecule has 2 atom stereocenters. The molecule has 0 N–H and O–H groups in total. The van der Waals surface area contributed by atoms with Crippen LogP contribution in [0.5, 0.6) is 0 Å². The van der Waals surface area contributed by atoms with Crippen molar-refractivity contribution in [3.8, 4) is 0 Å². The van der Waals surface area contributed by atoms with Gasteiger partial charge >= 0.3 is 37.7 Å². The van der Waals surface area contributed by atoms with E-state index in [1.165, 1.54) is 0 Å². The van der Waals surface area contributed by atoms with E-state index in [1.54, 1.807) is 0 Å². The largest absolute Gasteiger partial charge is 1.00 e. The number of carboxylic acids is 2. The molecule has 0 aliphatic carbocycles. The third kappa shape index (κ3) is 5.60. The summed E-state index contributed by atoms with van der Waals surface area (Å²) >= 11 is 0. The molecule has 0 saturated carbocycles. The Hall–Kier alpha value is -0.795. The Kier molecular flexibility index (Phi) is 9.40. The van der Waals surface area contributed by atoms with Gasteiger partial charge in [0.2, 0.25) is 0 Å². The van der Waals surface area contributed by atoms with E-state index in [-0.39, 0.29) is 37.7 Å². The van der Waals surface area contributed by atoms with Crippen LogP contribution < -0.4 is 47.9 Å². The molecule has 2 saturated heterocycles. The van der Waals surface area contributed by atoms with Gasteiger partial charge in [-0.05, 0) is 50.9 Å². The maximum absolute atomic E-state index is 11.2. The predicted octanol–water partition coefficient (Wildman–Crippen LogP) is -7.48. The SMILES string of the molecule is O=C([O-])[C@@H]1CCCN1Cc1cccc(CN2CCC[C@H]2C(=O)[O-])n1.[Li+].[Li+]. The zero-order chi connectivity index (χ0) is 17.1. The van der Waals surface area contributed by atoms with Crippen molar-refractivity contribution in [1.82, 2.24) is 14.8 Å². The summed E-state index contributed by atoms with van der Waals surface area (Å²) in [6.45, 7) is 2.39. The van der Waals surface area contributed by atoms with Crippen LogP contribution >= 0.6 is 0 Å². The molecule has 0 unspecified atom stereocenters. The monoisotopic (exact) mass is 345 g/mol. The van der Waals surface area contributed by atoms with Crippen molar-refractivity contribution in [1.29, 1.82) is 0 Å². The molecular weight excluding hydrogens is 324 g/mol. The number of carbonyl (C=O) groups excluding carboxylic acids is 2. The minimum absolute atomic E-state index is 0. The van der Waals surface area contributed by atoms with Crippen LogP contribution in [-0.2, 0) is 22.7 Å². The molecule has 0 aromatic carbocycles. The number of hydrogen-bond acceptors (Lipinski definition) is 7. The first kappa shape index (κ1) is 23.2. The molecule has 2 aliphatic rings. The molecule has 1 aromatic heterocycles. The molecule has 0 radical (unpaired) electrons. The number of likely N-dealkylation sites (tertiary alicyclic amines) is 2. The first-order chi connectivity index (χ1) is 11.5. The fraction of sp³-hybridized carbons (Fsp3) is 0.588. The van der Waals surface area contributed by atoms with Crippen molar-refractivity contribution in [2.45, 2.75) is 50.9 Å². The summed E-state index contributed by atoms with van der Waals surface area (Å²) in [5, 5.41) is 22.3. The van der Waals surface area contributed by atoms with Crippen LogP contribution in [0.2, 0.25) is 0 Å².